The van der Waals surface area contributed by atoms with Crippen LogP contribution in [0.5, 0.6) is 0 Å². The molecule has 2 fully saturated rings. The number of furan rings is 1. The lowest BCUT2D eigenvalue weighted by Gasteiger charge is -2.48. The quantitative estimate of drug-likeness (QED) is 0.863. The van der Waals surface area contributed by atoms with Gasteiger partial charge in [-0.15, -0.1) is 0 Å². The summed E-state index contributed by atoms with van der Waals surface area (Å²) < 4.78 is 5.13. The SMILES string of the molecule is Cc1cnc(C(=O)N2CC3(CCN(Cc4ccoc4)C3)C2)cn1. The molecule has 6 nitrogen and oxygen atoms in total. The molecule has 2 aliphatic rings. The van der Waals surface area contributed by atoms with E-state index in [0.29, 0.717) is 5.69 Å². The zero-order valence-electron chi connectivity index (χ0n) is 13.2. The van der Waals surface area contributed by atoms with Crippen LogP contribution in [-0.2, 0) is 6.54 Å². The number of amides is 1. The highest BCUT2D eigenvalue weighted by Crippen LogP contribution is 2.40. The van der Waals surface area contributed by atoms with Crippen molar-refractivity contribution in [3.8, 4) is 0 Å². The Bertz CT molecular complexity index is 690. The van der Waals surface area contributed by atoms with E-state index in [2.05, 4.69) is 14.9 Å². The third-order valence-corrected chi connectivity index (χ3v) is 4.84. The molecule has 2 aliphatic heterocycles. The van der Waals surface area contributed by atoms with Crippen molar-refractivity contribution >= 4 is 5.91 Å². The average Bonchev–Trinajstić information content (AvgIpc) is 3.16. The van der Waals surface area contributed by atoms with Crippen molar-refractivity contribution in [1.82, 2.24) is 19.8 Å². The van der Waals surface area contributed by atoms with Crippen LogP contribution in [-0.4, -0.2) is 51.9 Å². The highest BCUT2D eigenvalue weighted by atomic mass is 16.3. The van der Waals surface area contributed by atoms with Crippen LogP contribution in [0.1, 0.15) is 28.2 Å². The van der Waals surface area contributed by atoms with E-state index in [1.807, 2.05) is 17.9 Å². The summed E-state index contributed by atoms with van der Waals surface area (Å²) in [5.41, 5.74) is 2.74. The summed E-state index contributed by atoms with van der Waals surface area (Å²) in [6, 6.07) is 2.01. The van der Waals surface area contributed by atoms with Crippen molar-refractivity contribution in [2.75, 3.05) is 26.2 Å². The van der Waals surface area contributed by atoms with Crippen LogP contribution in [0, 0.1) is 12.3 Å². The van der Waals surface area contributed by atoms with Crippen molar-refractivity contribution in [1.29, 1.82) is 0 Å². The van der Waals surface area contributed by atoms with Crippen molar-refractivity contribution in [2.45, 2.75) is 19.9 Å². The Kier molecular flexibility index (Phi) is 3.41. The largest absolute Gasteiger partial charge is 0.472 e. The van der Waals surface area contributed by atoms with Gasteiger partial charge in [0.1, 0.15) is 5.69 Å². The van der Waals surface area contributed by atoms with E-state index in [1.54, 1.807) is 24.9 Å². The van der Waals surface area contributed by atoms with Gasteiger partial charge in [0.15, 0.2) is 0 Å². The molecule has 0 bridgehead atoms. The monoisotopic (exact) mass is 312 g/mol. The minimum absolute atomic E-state index is 0.00332. The van der Waals surface area contributed by atoms with Gasteiger partial charge in [-0.05, 0) is 26.0 Å². The first-order chi connectivity index (χ1) is 11.1. The van der Waals surface area contributed by atoms with Crippen molar-refractivity contribution in [3.05, 3.63) is 47.9 Å². The highest BCUT2D eigenvalue weighted by molar-refractivity contribution is 5.92. The van der Waals surface area contributed by atoms with Gasteiger partial charge in [-0.3, -0.25) is 14.7 Å². The third-order valence-electron chi connectivity index (χ3n) is 4.84. The molecule has 23 heavy (non-hydrogen) atoms. The number of likely N-dealkylation sites (tertiary alicyclic amines) is 2. The van der Waals surface area contributed by atoms with Crippen LogP contribution in [0.4, 0.5) is 0 Å². The molecule has 2 aromatic rings. The lowest BCUT2D eigenvalue weighted by atomic mass is 9.79. The van der Waals surface area contributed by atoms with E-state index in [0.717, 1.165) is 44.8 Å². The van der Waals surface area contributed by atoms with Crippen LogP contribution in [0.15, 0.2) is 35.4 Å². The van der Waals surface area contributed by atoms with E-state index in [4.69, 9.17) is 4.42 Å². The molecule has 0 unspecified atom stereocenters. The second kappa shape index (κ2) is 5.45. The van der Waals surface area contributed by atoms with Crippen molar-refractivity contribution in [2.24, 2.45) is 5.41 Å². The topological polar surface area (TPSA) is 62.5 Å². The number of hydrogen-bond donors (Lipinski definition) is 0. The summed E-state index contributed by atoms with van der Waals surface area (Å²) in [6.07, 6.45) is 7.88. The maximum atomic E-state index is 12.4. The third kappa shape index (κ3) is 2.74. The zero-order chi connectivity index (χ0) is 15.9. The summed E-state index contributed by atoms with van der Waals surface area (Å²) in [5, 5.41) is 0. The molecule has 4 heterocycles. The smallest absolute Gasteiger partial charge is 0.274 e. The van der Waals surface area contributed by atoms with Gasteiger partial charge in [-0.1, -0.05) is 0 Å². The molecule has 120 valence electrons. The molecule has 1 amide bonds. The maximum absolute atomic E-state index is 12.4. The fraction of sp³-hybridized carbons (Fsp3) is 0.471. The number of carbonyl (C=O) groups is 1. The molecule has 1 spiro atoms. The predicted molar refractivity (Wildman–Crippen MR) is 83.7 cm³/mol. The number of nitrogens with zero attached hydrogens (tertiary/aromatic N) is 4. The molecule has 0 atom stereocenters. The molecule has 0 aliphatic carbocycles. The van der Waals surface area contributed by atoms with Gasteiger partial charge < -0.3 is 9.32 Å². The second-order valence-electron chi connectivity index (χ2n) is 6.80. The van der Waals surface area contributed by atoms with Crippen LogP contribution in [0.25, 0.3) is 0 Å². The van der Waals surface area contributed by atoms with Gasteiger partial charge in [0.25, 0.3) is 5.91 Å². The second-order valence-corrected chi connectivity index (χ2v) is 6.80. The molecule has 2 aromatic heterocycles. The normalized spacial score (nSPS) is 20.0. The zero-order valence-corrected chi connectivity index (χ0v) is 13.2. The van der Waals surface area contributed by atoms with Gasteiger partial charge in [0, 0.05) is 43.4 Å². The van der Waals surface area contributed by atoms with E-state index in [-0.39, 0.29) is 11.3 Å². The van der Waals surface area contributed by atoms with Gasteiger partial charge in [-0.25, -0.2) is 4.98 Å². The molecular formula is C17H20N4O2. The lowest BCUT2D eigenvalue weighted by Crippen LogP contribution is -2.59. The fourth-order valence-electron chi connectivity index (χ4n) is 3.63. The highest BCUT2D eigenvalue weighted by Gasteiger charge is 2.49. The van der Waals surface area contributed by atoms with Crippen LogP contribution >= 0.6 is 0 Å². The molecule has 0 radical (unpaired) electrons. The first-order valence-electron chi connectivity index (χ1n) is 7.95. The maximum Gasteiger partial charge on any atom is 0.274 e. The Morgan fingerprint density at radius 2 is 2.17 bits per heavy atom. The van der Waals surface area contributed by atoms with Crippen LogP contribution < -0.4 is 0 Å². The predicted octanol–water partition coefficient (Wildman–Crippen LogP) is 1.73. The average molecular weight is 312 g/mol. The van der Waals surface area contributed by atoms with Gasteiger partial charge in [0.2, 0.25) is 0 Å². The Balaban J connectivity index is 1.34. The van der Waals surface area contributed by atoms with Crippen molar-refractivity contribution in [3.63, 3.8) is 0 Å². The Morgan fingerprint density at radius 1 is 1.30 bits per heavy atom. The summed E-state index contributed by atoms with van der Waals surface area (Å²) in [5.74, 6) is -0.00332. The molecule has 0 N–H and O–H groups in total. The van der Waals surface area contributed by atoms with E-state index in [1.165, 1.54) is 5.56 Å². The molecule has 2 saturated heterocycles. The summed E-state index contributed by atoms with van der Waals surface area (Å²) in [7, 11) is 0. The summed E-state index contributed by atoms with van der Waals surface area (Å²) >= 11 is 0. The summed E-state index contributed by atoms with van der Waals surface area (Å²) in [4.78, 5) is 25.1. The minimum atomic E-state index is -0.00332. The van der Waals surface area contributed by atoms with Gasteiger partial charge in [-0.2, -0.15) is 0 Å². The van der Waals surface area contributed by atoms with Gasteiger partial charge in [0.05, 0.1) is 24.4 Å². The lowest BCUT2D eigenvalue weighted by molar-refractivity contribution is 0.00985. The Labute approximate surface area is 135 Å². The Morgan fingerprint density at radius 3 is 2.87 bits per heavy atom. The molecular weight excluding hydrogens is 292 g/mol. The fourth-order valence-corrected chi connectivity index (χ4v) is 3.63. The number of carbonyl (C=O) groups excluding carboxylic acids is 1. The van der Waals surface area contributed by atoms with Crippen molar-refractivity contribution < 1.29 is 9.21 Å². The molecule has 0 aromatic carbocycles. The number of hydrogen-bond acceptors (Lipinski definition) is 5. The van der Waals surface area contributed by atoms with E-state index < -0.39 is 0 Å². The first kappa shape index (κ1) is 14.4. The standard InChI is InChI=1S/C17H20N4O2/c1-13-6-19-15(7-18-13)16(22)21-11-17(12-21)3-4-20(10-17)8-14-2-5-23-9-14/h2,5-7,9H,3-4,8,10-12H2,1H3. The van der Waals surface area contributed by atoms with E-state index in [9.17, 15) is 4.79 Å². The number of aromatic nitrogens is 2. The molecule has 4 rings (SSSR count). The summed E-state index contributed by atoms with van der Waals surface area (Å²) in [6.45, 7) is 6.56. The van der Waals surface area contributed by atoms with E-state index >= 15 is 0 Å². The first-order valence-corrected chi connectivity index (χ1v) is 7.95. The molecule has 0 saturated carbocycles. The van der Waals surface area contributed by atoms with Crippen LogP contribution in [0.3, 0.4) is 0 Å². The van der Waals surface area contributed by atoms with Crippen LogP contribution in [0.2, 0.25) is 0 Å². The van der Waals surface area contributed by atoms with Gasteiger partial charge >= 0.3 is 0 Å². The number of aryl methyl sites for hydroxylation is 1. The Hall–Kier alpha value is -2.21. The number of rotatable bonds is 3. The minimum Gasteiger partial charge on any atom is -0.472 e. The molecule has 6 heteroatoms.